The van der Waals surface area contributed by atoms with Gasteiger partial charge in [-0.05, 0) is 30.2 Å². The number of carbonyl (C=O) groups excluding carboxylic acids is 2. The van der Waals surface area contributed by atoms with Crippen molar-refractivity contribution in [3.63, 3.8) is 0 Å². The van der Waals surface area contributed by atoms with Gasteiger partial charge in [-0.1, -0.05) is 13.8 Å². The lowest BCUT2D eigenvalue weighted by Crippen LogP contribution is -2.34. The Morgan fingerprint density at radius 1 is 1.16 bits per heavy atom. The summed E-state index contributed by atoms with van der Waals surface area (Å²) in [4.78, 5) is 24.8. The summed E-state index contributed by atoms with van der Waals surface area (Å²) in [6, 6.07) is 5.85. The molecule has 1 aromatic rings. The van der Waals surface area contributed by atoms with Gasteiger partial charge in [-0.15, -0.1) is 0 Å². The average Bonchev–Trinajstić information content (AvgIpc) is 2.81. The van der Waals surface area contributed by atoms with Crippen molar-refractivity contribution in [2.75, 3.05) is 25.0 Å². The highest BCUT2D eigenvalue weighted by Gasteiger charge is 2.30. The van der Waals surface area contributed by atoms with E-state index in [-0.39, 0.29) is 29.7 Å². The van der Waals surface area contributed by atoms with Crippen LogP contribution in [-0.4, -0.2) is 49.9 Å². The fourth-order valence-corrected chi connectivity index (χ4v) is 3.36. The van der Waals surface area contributed by atoms with Crippen molar-refractivity contribution >= 4 is 27.5 Å². The first-order chi connectivity index (χ1) is 11.7. The standard InChI is InChI=1S/C16H21N3O5S/c1-11(2)10-17-25(23,24)13-5-3-12(4-6-13)18-14-9-15(21)19(7-8-20)16(14)22/h3-6,9,11,17-18,20H,7-8,10H2,1-2H3. The molecule has 136 valence electrons. The highest BCUT2D eigenvalue weighted by molar-refractivity contribution is 7.89. The molecule has 0 aromatic heterocycles. The highest BCUT2D eigenvalue weighted by Crippen LogP contribution is 2.19. The first-order valence-corrected chi connectivity index (χ1v) is 9.28. The molecular weight excluding hydrogens is 346 g/mol. The second-order valence-electron chi connectivity index (χ2n) is 5.97. The monoisotopic (exact) mass is 367 g/mol. The summed E-state index contributed by atoms with van der Waals surface area (Å²) >= 11 is 0. The van der Waals surface area contributed by atoms with Crippen LogP contribution in [0.3, 0.4) is 0 Å². The molecule has 0 fully saturated rings. The Kier molecular flexibility index (Phi) is 5.93. The lowest BCUT2D eigenvalue weighted by molar-refractivity contribution is -0.137. The second-order valence-corrected chi connectivity index (χ2v) is 7.74. The molecule has 0 atom stereocenters. The molecule has 2 rings (SSSR count). The molecule has 0 saturated heterocycles. The van der Waals surface area contributed by atoms with Gasteiger partial charge in [0.2, 0.25) is 10.0 Å². The number of aliphatic hydroxyl groups excluding tert-OH is 1. The number of benzene rings is 1. The maximum atomic E-state index is 12.1. The molecule has 0 bridgehead atoms. The SMILES string of the molecule is CC(C)CNS(=O)(=O)c1ccc(NC2=CC(=O)N(CCO)C2=O)cc1. The number of rotatable bonds is 8. The van der Waals surface area contributed by atoms with Crippen LogP contribution in [0.5, 0.6) is 0 Å². The summed E-state index contributed by atoms with van der Waals surface area (Å²) in [5.41, 5.74) is 0.549. The van der Waals surface area contributed by atoms with Crippen LogP contribution < -0.4 is 10.0 Å². The Morgan fingerprint density at radius 3 is 2.36 bits per heavy atom. The van der Waals surface area contributed by atoms with Gasteiger partial charge in [0.15, 0.2) is 0 Å². The van der Waals surface area contributed by atoms with E-state index in [1.165, 1.54) is 24.3 Å². The number of imide groups is 1. The molecule has 0 saturated carbocycles. The van der Waals surface area contributed by atoms with E-state index in [1.54, 1.807) is 0 Å². The maximum Gasteiger partial charge on any atom is 0.277 e. The Morgan fingerprint density at radius 2 is 1.80 bits per heavy atom. The van der Waals surface area contributed by atoms with Gasteiger partial charge in [0.1, 0.15) is 5.70 Å². The van der Waals surface area contributed by atoms with E-state index in [9.17, 15) is 18.0 Å². The normalized spacial score (nSPS) is 15.0. The van der Waals surface area contributed by atoms with E-state index in [1.807, 2.05) is 13.8 Å². The Labute approximate surface area is 146 Å². The van der Waals surface area contributed by atoms with Crippen LogP contribution in [0.4, 0.5) is 5.69 Å². The van der Waals surface area contributed by atoms with E-state index in [0.717, 1.165) is 11.0 Å². The smallest absolute Gasteiger partial charge is 0.277 e. The minimum Gasteiger partial charge on any atom is -0.395 e. The van der Waals surface area contributed by atoms with Gasteiger partial charge in [-0.3, -0.25) is 14.5 Å². The Balaban J connectivity index is 2.07. The van der Waals surface area contributed by atoms with E-state index in [0.29, 0.717) is 12.2 Å². The predicted octanol–water partition coefficient (Wildman–Crippen LogP) is 0.278. The van der Waals surface area contributed by atoms with Crippen molar-refractivity contribution < 1.29 is 23.1 Å². The third-order valence-electron chi connectivity index (χ3n) is 3.46. The number of carbonyl (C=O) groups is 2. The fraction of sp³-hybridized carbons (Fsp3) is 0.375. The van der Waals surface area contributed by atoms with Crippen molar-refractivity contribution in [1.29, 1.82) is 0 Å². The van der Waals surface area contributed by atoms with Gasteiger partial charge in [0.05, 0.1) is 18.0 Å². The van der Waals surface area contributed by atoms with Crippen molar-refractivity contribution in [2.24, 2.45) is 5.92 Å². The van der Waals surface area contributed by atoms with Crippen LogP contribution in [0.25, 0.3) is 0 Å². The largest absolute Gasteiger partial charge is 0.395 e. The number of aliphatic hydroxyl groups is 1. The van der Waals surface area contributed by atoms with E-state index < -0.39 is 21.8 Å². The number of sulfonamides is 1. The third-order valence-corrected chi connectivity index (χ3v) is 4.90. The number of hydrogen-bond acceptors (Lipinski definition) is 6. The third kappa shape index (κ3) is 4.65. The molecule has 1 aliphatic rings. The molecule has 25 heavy (non-hydrogen) atoms. The van der Waals surface area contributed by atoms with Crippen molar-refractivity contribution in [3.05, 3.63) is 36.0 Å². The quantitative estimate of drug-likeness (QED) is 0.568. The lowest BCUT2D eigenvalue weighted by Gasteiger charge is -2.13. The molecule has 0 aliphatic carbocycles. The van der Waals surface area contributed by atoms with E-state index >= 15 is 0 Å². The summed E-state index contributed by atoms with van der Waals surface area (Å²) in [6.45, 7) is 3.77. The van der Waals surface area contributed by atoms with Crippen LogP contribution in [0, 0.1) is 5.92 Å². The first-order valence-electron chi connectivity index (χ1n) is 7.79. The van der Waals surface area contributed by atoms with Crippen molar-refractivity contribution in [1.82, 2.24) is 9.62 Å². The fourth-order valence-electron chi connectivity index (χ4n) is 2.14. The summed E-state index contributed by atoms with van der Waals surface area (Å²) in [6.07, 6.45) is 1.15. The molecule has 3 N–H and O–H groups in total. The zero-order chi connectivity index (χ0) is 18.6. The van der Waals surface area contributed by atoms with Crippen LogP contribution in [0.1, 0.15) is 13.8 Å². The number of β-amino-alcohol motifs (C(OH)–C–C–N with tert-alkyl or cyclic N) is 1. The molecule has 1 heterocycles. The summed E-state index contributed by atoms with van der Waals surface area (Å²) in [5, 5.41) is 11.7. The number of amides is 2. The Hall–Kier alpha value is -2.23. The summed E-state index contributed by atoms with van der Waals surface area (Å²) in [5.74, 6) is -0.844. The molecule has 0 unspecified atom stereocenters. The molecule has 1 aromatic carbocycles. The first kappa shape index (κ1) is 19.1. The van der Waals surface area contributed by atoms with Gasteiger partial charge < -0.3 is 10.4 Å². The summed E-state index contributed by atoms with van der Waals surface area (Å²) < 4.78 is 26.8. The molecule has 0 radical (unpaired) electrons. The van der Waals surface area contributed by atoms with E-state index in [2.05, 4.69) is 10.0 Å². The van der Waals surface area contributed by atoms with Crippen LogP contribution in [0.15, 0.2) is 40.9 Å². The van der Waals surface area contributed by atoms with Crippen molar-refractivity contribution in [3.8, 4) is 0 Å². The predicted molar refractivity (Wildman–Crippen MR) is 92.0 cm³/mol. The minimum atomic E-state index is -3.58. The topological polar surface area (TPSA) is 116 Å². The van der Waals surface area contributed by atoms with Crippen molar-refractivity contribution in [2.45, 2.75) is 18.7 Å². The zero-order valence-corrected chi connectivity index (χ0v) is 14.8. The van der Waals surface area contributed by atoms with Crippen LogP contribution in [-0.2, 0) is 19.6 Å². The zero-order valence-electron chi connectivity index (χ0n) is 14.0. The van der Waals surface area contributed by atoms with Crippen LogP contribution >= 0.6 is 0 Å². The lowest BCUT2D eigenvalue weighted by atomic mass is 10.2. The van der Waals surface area contributed by atoms with E-state index in [4.69, 9.17) is 5.11 Å². The molecular formula is C16H21N3O5S. The number of nitrogens with one attached hydrogen (secondary N) is 2. The van der Waals surface area contributed by atoms with Gasteiger partial charge in [0.25, 0.3) is 11.8 Å². The maximum absolute atomic E-state index is 12.1. The van der Waals surface area contributed by atoms with Gasteiger partial charge >= 0.3 is 0 Å². The van der Waals surface area contributed by atoms with Gasteiger partial charge in [0, 0.05) is 18.3 Å². The second kappa shape index (κ2) is 7.77. The average molecular weight is 367 g/mol. The molecule has 2 amide bonds. The molecule has 9 heteroatoms. The molecule has 1 aliphatic heterocycles. The van der Waals surface area contributed by atoms with Gasteiger partial charge in [-0.25, -0.2) is 13.1 Å². The minimum absolute atomic E-state index is 0.0714. The molecule has 0 spiro atoms. The Bertz CT molecular complexity index is 784. The van der Waals surface area contributed by atoms with Gasteiger partial charge in [-0.2, -0.15) is 0 Å². The highest BCUT2D eigenvalue weighted by atomic mass is 32.2. The van der Waals surface area contributed by atoms with Crippen LogP contribution in [0.2, 0.25) is 0 Å². The number of anilines is 1. The summed E-state index contributed by atoms with van der Waals surface area (Å²) in [7, 11) is -3.58. The number of nitrogens with zero attached hydrogens (tertiary/aromatic N) is 1. The number of hydrogen-bond donors (Lipinski definition) is 3. The molecule has 8 nitrogen and oxygen atoms in total.